The normalized spacial score (nSPS) is 10.4. The van der Waals surface area contributed by atoms with Gasteiger partial charge in [0, 0.05) is 17.4 Å². The maximum atomic E-state index is 5.94. The van der Waals surface area contributed by atoms with E-state index in [1.807, 2.05) is 49.6 Å². The van der Waals surface area contributed by atoms with E-state index in [4.69, 9.17) is 16.3 Å². The first-order valence-electron chi connectivity index (χ1n) is 5.25. The highest BCUT2D eigenvalue weighted by Gasteiger charge is 1.98. The number of aryl methyl sites for hydroxylation is 1. The lowest BCUT2D eigenvalue weighted by atomic mass is 10.2. The molecule has 2 nitrogen and oxygen atoms in total. The van der Waals surface area contributed by atoms with E-state index < -0.39 is 0 Å². The second kappa shape index (κ2) is 5.08. The Kier molecular flexibility index (Phi) is 3.52. The molecule has 0 saturated carbocycles. The van der Waals surface area contributed by atoms with E-state index in [-0.39, 0.29) is 0 Å². The maximum absolute atomic E-state index is 5.94. The molecule has 1 aromatic heterocycles. The van der Waals surface area contributed by atoms with Gasteiger partial charge in [0.1, 0.15) is 12.4 Å². The minimum absolute atomic E-state index is 0.662. The number of hydrogen-bond donors (Lipinski definition) is 0. The summed E-state index contributed by atoms with van der Waals surface area (Å²) in [5.41, 5.74) is 1.04. The van der Waals surface area contributed by atoms with Gasteiger partial charge in [-0.2, -0.15) is 0 Å². The molecular formula is C13H14ClNO. The molecule has 0 atom stereocenters. The van der Waals surface area contributed by atoms with Crippen molar-refractivity contribution in [2.45, 2.75) is 13.5 Å². The molecule has 3 heteroatoms. The third-order valence-corrected chi connectivity index (χ3v) is 2.84. The number of ether oxygens (including phenoxy) is 1. The van der Waals surface area contributed by atoms with Crippen LogP contribution in [0.3, 0.4) is 0 Å². The van der Waals surface area contributed by atoms with E-state index in [1.54, 1.807) is 0 Å². The largest absolute Gasteiger partial charge is 0.492 e. The molecule has 0 aliphatic heterocycles. The Morgan fingerprint density at radius 1 is 1.25 bits per heavy atom. The number of benzene rings is 1. The molecule has 0 aliphatic carbocycles. The van der Waals surface area contributed by atoms with Gasteiger partial charge in [-0.25, -0.2) is 0 Å². The van der Waals surface area contributed by atoms with Crippen LogP contribution in [-0.4, -0.2) is 11.2 Å². The Morgan fingerprint density at radius 3 is 2.69 bits per heavy atom. The highest BCUT2D eigenvalue weighted by Crippen LogP contribution is 2.20. The molecule has 0 fully saturated rings. The molecule has 1 heterocycles. The van der Waals surface area contributed by atoms with Gasteiger partial charge in [0.05, 0.1) is 6.54 Å². The van der Waals surface area contributed by atoms with Gasteiger partial charge in [-0.1, -0.05) is 11.6 Å². The molecule has 0 bridgehead atoms. The predicted molar refractivity (Wildman–Crippen MR) is 66.1 cm³/mol. The van der Waals surface area contributed by atoms with Crippen LogP contribution in [0, 0.1) is 6.92 Å². The summed E-state index contributed by atoms with van der Waals surface area (Å²) in [6.45, 7) is 3.49. The van der Waals surface area contributed by atoms with Crippen molar-refractivity contribution in [2.75, 3.05) is 6.61 Å². The fraction of sp³-hybridized carbons (Fsp3) is 0.231. The first kappa shape index (κ1) is 11.1. The molecule has 84 valence electrons. The average molecular weight is 236 g/mol. The molecule has 0 N–H and O–H groups in total. The minimum atomic E-state index is 0.662. The quantitative estimate of drug-likeness (QED) is 0.791. The lowest BCUT2D eigenvalue weighted by molar-refractivity contribution is 0.298. The number of hydrogen-bond acceptors (Lipinski definition) is 1. The van der Waals surface area contributed by atoms with Crippen LogP contribution in [0.2, 0.25) is 5.02 Å². The molecule has 0 radical (unpaired) electrons. The van der Waals surface area contributed by atoms with Gasteiger partial charge in [-0.05, 0) is 42.8 Å². The molecule has 0 spiro atoms. The summed E-state index contributed by atoms with van der Waals surface area (Å²) in [6, 6.07) is 9.73. The zero-order chi connectivity index (χ0) is 11.4. The lowest BCUT2D eigenvalue weighted by Gasteiger charge is -2.08. The van der Waals surface area contributed by atoms with Crippen molar-refractivity contribution in [2.24, 2.45) is 0 Å². The monoisotopic (exact) mass is 235 g/mol. The van der Waals surface area contributed by atoms with Crippen LogP contribution in [0.4, 0.5) is 0 Å². The highest BCUT2D eigenvalue weighted by atomic mass is 35.5. The van der Waals surface area contributed by atoms with Gasteiger partial charge < -0.3 is 9.30 Å². The van der Waals surface area contributed by atoms with Crippen molar-refractivity contribution in [3.05, 3.63) is 53.3 Å². The van der Waals surface area contributed by atoms with Crippen molar-refractivity contribution in [1.82, 2.24) is 4.57 Å². The van der Waals surface area contributed by atoms with Gasteiger partial charge in [0.2, 0.25) is 0 Å². The first-order chi connectivity index (χ1) is 7.75. The summed E-state index contributed by atoms with van der Waals surface area (Å²) in [5, 5.41) is 0.776. The van der Waals surface area contributed by atoms with Gasteiger partial charge in [0.25, 0.3) is 0 Å². The summed E-state index contributed by atoms with van der Waals surface area (Å²) in [5.74, 6) is 0.869. The summed E-state index contributed by atoms with van der Waals surface area (Å²) < 4.78 is 7.72. The Balaban J connectivity index is 1.87. The van der Waals surface area contributed by atoms with Gasteiger partial charge in [0.15, 0.2) is 0 Å². The van der Waals surface area contributed by atoms with Gasteiger partial charge in [-0.3, -0.25) is 0 Å². The van der Waals surface area contributed by atoms with E-state index in [0.717, 1.165) is 22.9 Å². The van der Waals surface area contributed by atoms with E-state index >= 15 is 0 Å². The van der Waals surface area contributed by atoms with Crippen LogP contribution in [0.25, 0.3) is 0 Å². The van der Waals surface area contributed by atoms with Crippen molar-refractivity contribution in [3.8, 4) is 5.75 Å². The van der Waals surface area contributed by atoms with E-state index in [2.05, 4.69) is 4.57 Å². The van der Waals surface area contributed by atoms with Gasteiger partial charge in [-0.15, -0.1) is 0 Å². The Hall–Kier alpha value is -1.41. The van der Waals surface area contributed by atoms with Crippen LogP contribution < -0.4 is 4.74 Å². The summed E-state index contributed by atoms with van der Waals surface area (Å²) in [7, 11) is 0. The molecular weight excluding hydrogens is 222 g/mol. The molecule has 0 unspecified atom stereocenters. The molecule has 2 aromatic rings. The van der Waals surface area contributed by atoms with Crippen LogP contribution in [0.5, 0.6) is 5.75 Å². The topological polar surface area (TPSA) is 14.2 Å². The van der Waals surface area contributed by atoms with Gasteiger partial charge >= 0.3 is 0 Å². The maximum Gasteiger partial charge on any atom is 0.119 e. The average Bonchev–Trinajstić information content (AvgIpc) is 2.76. The lowest BCUT2D eigenvalue weighted by Crippen LogP contribution is -2.06. The van der Waals surface area contributed by atoms with Crippen molar-refractivity contribution in [1.29, 1.82) is 0 Å². The first-order valence-corrected chi connectivity index (χ1v) is 5.63. The standard InChI is InChI=1S/C13H14ClNO/c1-11-10-12(4-5-13(11)14)16-9-8-15-6-2-3-7-15/h2-7,10H,8-9H2,1H3. The van der Waals surface area contributed by atoms with E-state index in [1.165, 1.54) is 0 Å². The van der Waals surface area contributed by atoms with Crippen molar-refractivity contribution in [3.63, 3.8) is 0 Å². The Morgan fingerprint density at radius 2 is 2.00 bits per heavy atom. The number of rotatable bonds is 4. The van der Waals surface area contributed by atoms with Crippen LogP contribution in [0.15, 0.2) is 42.7 Å². The predicted octanol–water partition coefficient (Wildman–Crippen LogP) is 3.53. The zero-order valence-corrected chi connectivity index (χ0v) is 9.95. The Bertz CT molecular complexity index is 451. The van der Waals surface area contributed by atoms with E-state index in [0.29, 0.717) is 6.61 Å². The van der Waals surface area contributed by atoms with Crippen molar-refractivity contribution < 1.29 is 4.74 Å². The fourth-order valence-corrected chi connectivity index (χ4v) is 1.61. The van der Waals surface area contributed by atoms with E-state index in [9.17, 15) is 0 Å². The minimum Gasteiger partial charge on any atom is -0.492 e. The Labute approximate surface area is 100 Å². The smallest absolute Gasteiger partial charge is 0.119 e. The molecule has 16 heavy (non-hydrogen) atoms. The van der Waals surface area contributed by atoms with Crippen molar-refractivity contribution >= 4 is 11.6 Å². The third-order valence-electron chi connectivity index (χ3n) is 2.41. The third kappa shape index (κ3) is 2.80. The number of aromatic nitrogens is 1. The summed E-state index contributed by atoms with van der Waals surface area (Å²) >= 11 is 5.94. The van der Waals surface area contributed by atoms with Crippen LogP contribution >= 0.6 is 11.6 Å². The molecule has 0 amide bonds. The fourth-order valence-electron chi connectivity index (χ4n) is 1.50. The number of nitrogens with zero attached hydrogens (tertiary/aromatic N) is 1. The van der Waals surface area contributed by atoms with Crippen LogP contribution in [0.1, 0.15) is 5.56 Å². The van der Waals surface area contributed by atoms with Crippen LogP contribution in [-0.2, 0) is 6.54 Å². The molecule has 0 aliphatic rings. The second-order valence-corrected chi connectivity index (χ2v) is 4.09. The molecule has 2 rings (SSSR count). The summed E-state index contributed by atoms with van der Waals surface area (Å²) in [4.78, 5) is 0. The number of halogens is 1. The summed E-state index contributed by atoms with van der Waals surface area (Å²) in [6.07, 6.45) is 4.05. The SMILES string of the molecule is Cc1cc(OCCn2cccc2)ccc1Cl. The highest BCUT2D eigenvalue weighted by molar-refractivity contribution is 6.31. The molecule has 0 saturated heterocycles. The second-order valence-electron chi connectivity index (χ2n) is 3.68. The zero-order valence-electron chi connectivity index (χ0n) is 9.19. The molecule has 1 aromatic carbocycles.